The van der Waals surface area contributed by atoms with Crippen molar-refractivity contribution in [2.24, 2.45) is 0 Å². The van der Waals surface area contributed by atoms with Gasteiger partial charge in [0.25, 0.3) is 6.43 Å². The lowest BCUT2D eigenvalue weighted by Gasteiger charge is -2.29. The maximum Gasteiger partial charge on any atom is 0.261 e. The van der Waals surface area contributed by atoms with E-state index in [1.54, 1.807) is 0 Å². The van der Waals surface area contributed by atoms with Crippen molar-refractivity contribution in [2.45, 2.75) is 44.7 Å². The molecule has 112 valence electrons. The van der Waals surface area contributed by atoms with Crippen molar-refractivity contribution in [3.05, 3.63) is 35.9 Å². The summed E-state index contributed by atoms with van der Waals surface area (Å²) < 4.78 is 40.4. The summed E-state index contributed by atoms with van der Waals surface area (Å²) in [5.74, 6) is 0. The first-order valence-electron chi connectivity index (χ1n) is 6.91. The second-order valence-electron chi connectivity index (χ2n) is 4.84. The molecule has 0 radical (unpaired) electrons. The Morgan fingerprint density at radius 3 is 2.75 bits per heavy atom. The first kappa shape index (κ1) is 15.4. The van der Waals surface area contributed by atoms with Gasteiger partial charge in [-0.05, 0) is 24.8 Å². The SMILES string of the molecule is FC(F)CO[C@@H]1CCC[C@@H](COCc2ccccc2)O1. The van der Waals surface area contributed by atoms with Gasteiger partial charge in [-0.1, -0.05) is 30.3 Å². The Kier molecular flexibility index (Phi) is 6.36. The second kappa shape index (κ2) is 8.29. The number of benzene rings is 1. The Hall–Kier alpha value is -1.04. The molecule has 1 aliphatic heterocycles. The topological polar surface area (TPSA) is 27.7 Å². The Balaban J connectivity index is 1.65. The van der Waals surface area contributed by atoms with Gasteiger partial charge in [0, 0.05) is 0 Å². The molecule has 0 aromatic heterocycles. The van der Waals surface area contributed by atoms with E-state index in [1.807, 2.05) is 30.3 Å². The summed E-state index contributed by atoms with van der Waals surface area (Å²) in [6, 6.07) is 9.87. The van der Waals surface area contributed by atoms with Gasteiger partial charge in [-0.2, -0.15) is 0 Å². The molecular weight excluding hydrogens is 266 g/mol. The highest BCUT2D eigenvalue weighted by Crippen LogP contribution is 2.21. The Labute approximate surface area is 117 Å². The first-order valence-corrected chi connectivity index (χ1v) is 6.91. The van der Waals surface area contributed by atoms with Crippen molar-refractivity contribution in [1.82, 2.24) is 0 Å². The van der Waals surface area contributed by atoms with Crippen LogP contribution in [-0.2, 0) is 20.8 Å². The molecule has 1 saturated heterocycles. The average Bonchev–Trinajstić information content (AvgIpc) is 2.47. The van der Waals surface area contributed by atoms with Crippen molar-refractivity contribution < 1.29 is 23.0 Å². The summed E-state index contributed by atoms with van der Waals surface area (Å²) in [6.45, 7) is 0.426. The van der Waals surface area contributed by atoms with Crippen LogP contribution in [-0.4, -0.2) is 32.0 Å². The van der Waals surface area contributed by atoms with E-state index >= 15 is 0 Å². The number of halogens is 2. The van der Waals surface area contributed by atoms with E-state index in [0.717, 1.165) is 18.4 Å². The fraction of sp³-hybridized carbons (Fsp3) is 0.600. The molecule has 3 nitrogen and oxygen atoms in total. The minimum Gasteiger partial charge on any atom is -0.374 e. The van der Waals surface area contributed by atoms with Crippen LogP contribution in [0.25, 0.3) is 0 Å². The molecule has 2 atom stereocenters. The minimum absolute atomic E-state index is 0.0739. The fourth-order valence-electron chi connectivity index (χ4n) is 2.17. The van der Waals surface area contributed by atoms with Gasteiger partial charge in [0.2, 0.25) is 0 Å². The zero-order valence-electron chi connectivity index (χ0n) is 11.3. The molecule has 2 rings (SSSR count). The Morgan fingerprint density at radius 1 is 1.20 bits per heavy atom. The van der Waals surface area contributed by atoms with Crippen LogP contribution >= 0.6 is 0 Å². The summed E-state index contributed by atoms with van der Waals surface area (Å²) in [6.07, 6.45) is -0.593. The molecule has 0 aliphatic carbocycles. The van der Waals surface area contributed by atoms with Crippen LogP contribution in [0.5, 0.6) is 0 Å². The van der Waals surface area contributed by atoms with Crippen LogP contribution in [0, 0.1) is 0 Å². The van der Waals surface area contributed by atoms with E-state index in [1.165, 1.54) is 0 Å². The van der Waals surface area contributed by atoms with Gasteiger partial charge in [-0.3, -0.25) is 0 Å². The molecule has 1 fully saturated rings. The monoisotopic (exact) mass is 286 g/mol. The molecule has 0 unspecified atom stereocenters. The third-order valence-corrected chi connectivity index (χ3v) is 3.13. The van der Waals surface area contributed by atoms with Crippen LogP contribution in [0.15, 0.2) is 30.3 Å². The van der Waals surface area contributed by atoms with Gasteiger partial charge in [0.1, 0.15) is 6.61 Å². The third kappa shape index (κ3) is 5.53. The zero-order chi connectivity index (χ0) is 14.2. The summed E-state index contributed by atoms with van der Waals surface area (Å²) in [4.78, 5) is 0. The maximum absolute atomic E-state index is 12.1. The summed E-state index contributed by atoms with van der Waals surface area (Å²) in [5, 5.41) is 0. The van der Waals surface area contributed by atoms with Gasteiger partial charge < -0.3 is 14.2 Å². The van der Waals surface area contributed by atoms with Crippen LogP contribution in [0.3, 0.4) is 0 Å². The first-order chi connectivity index (χ1) is 9.74. The molecule has 5 heteroatoms. The molecule has 0 saturated carbocycles. The smallest absolute Gasteiger partial charge is 0.261 e. The zero-order valence-corrected chi connectivity index (χ0v) is 11.3. The summed E-state index contributed by atoms with van der Waals surface area (Å²) in [5.41, 5.74) is 1.11. The molecule has 20 heavy (non-hydrogen) atoms. The van der Waals surface area contributed by atoms with Crippen molar-refractivity contribution >= 4 is 0 Å². The van der Waals surface area contributed by atoms with Gasteiger partial charge in [-0.25, -0.2) is 8.78 Å². The molecule has 1 aromatic carbocycles. The van der Waals surface area contributed by atoms with Crippen molar-refractivity contribution in [2.75, 3.05) is 13.2 Å². The third-order valence-electron chi connectivity index (χ3n) is 3.13. The minimum atomic E-state index is -2.45. The van der Waals surface area contributed by atoms with Gasteiger partial charge in [-0.15, -0.1) is 0 Å². The lowest BCUT2D eigenvalue weighted by atomic mass is 10.1. The molecule has 0 spiro atoms. The van der Waals surface area contributed by atoms with Crippen LogP contribution in [0.2, 0.25) is 0 Å². The van der Waals surface area contributed by atoms with E-state index in [9.17, 15) is 8.78 Å². The van der Waals surface area contributed by atoms with Crippen molar-refractivity contribution in [3.8, 4) is 0 Å². The molecule has 1 aliphatic rings. The predicted molar refractivity (Wildman–Crippen MR) is 70.6 cm³/mol. The Morgan fingerprint density at radius 2 is 2.00 bits per heavy atom. The number of rotatable bonds is 7. The maximum atomic E-state index is 12.1. The van der Waals surface area contributed by atoms with Crippen LogP contribution in [0.1, 0.15) is 24.8 Å². The lowest BCUT2D eigenvalue weighted by Crippen LogP contribution is -2.33. The van der Waals surface area contributed by atoms with Gasteiger partial charge >= 0.3 is 0 Å². The average molecular weight is 286 g/mol. The quantitative estimate of drug-likeness (QED) is 0.769. The van der Waals surface area contributed by atoms with E-state index < -0.39 is 19.3 Å². The standard InChI is InChI=1S/C15H20F2O3/c16-14(17)11-19-15-8-4-7-13(20-15)10-18-9-12-5-2-1-3-6-12/h1-3,5-6,13-15H,4,7-11H2/t13-,15-/m0/s1. The molecule has 1 heterocycles. The highest BCUT2D eigenvalue weighted by Gasteiger charge is 2.23. The van der Waals surface area contributed by atoms with Crippen LogP contribution in [0.4, 0.5) is 8.78 Å². The van der Waals surface area contributed by atoms with E-state index in [2.05, 4.69) is 0 Å². The highest BCUT2D eigenvalue weighted by atomic mass is 19.3. The molecule has 0 N–H and O–H groups in total. The lowest BCUT2D eigenvalue weighted by molar-refractivity contribution is -0.215. The number of ether oxygens (including phenoxy) is 3. The van der Waals surface area contributed by atoms with Gasteiger partial charge in [0.15, 0.2) is 6.29 Å². The van der Waals surface area contributed by atoms with E-state index in [-0.39, 0.29) is 6.10 Å². The molecule has 0 bridgehead atoms. The molecule has 0 amide bonds. The second-order valence-corrected chi connectivity index (χ2v) is 4.84. The summed E-state index contributed by atoms with van der Waals surface area (Å²) >= 11 is 0. The van der Waals surface area contributed by atoms with Crippen molar-refractivity contribution in [3.63, 3.8) is 0 Å². The van der Waals surface area contributed by atoms with E-state index in [4.69, 9.17) is 14.2 Å². The largest absolute Gasteiger partial charge is 0.374 e. The normalized spacial score (nSPS) is 23.1. The molecular formula is C15H20F2O3. The number of hydrogen-bond donors (Lipinski definition) is 0. The van der Waals surface area contributed by atoms with Crippen molar-refractivity contribution in [1.29, 1.82) is 0 Å². The fourth-order valence-corrected chi connectivity index (χ4v) is 2.17. The van der Waals surface area contributed by atoms with E-state index in [0.29, 0.717) is 19.6 Å². The molecule has 1 aromatic rings. The highest BCUT2D eigenvalue weighted by molar-refractivity contribution is 5.13. The van der Waals surface area contributed by atoms with Gasteiger partial charge in [0.05, 0.1) is 19.3 Å². The predicted octanol–water partition coefficient (Wildman–Crippen LogP) is 3.38. The Bertz CT molecular complexity index is 373. The van der Waals surface area contributed by atoms with Crippen LogP contribution < -0.4 is 0 Å². The number of hydrogen-bond acceptors (Lipinski definition) is 3. The number of alkyl halides is 2. The summed E-state index contributed by atoms with van der Waals surface area (Å²) in [7, 11) is 0.